The van der Waals surface area contributed by atoms with Crippen molar-refractivity contribution in [3.05, 3.63) is 107 Å². The SMILES string of the molecule is C=C=C=C(C[C@H]1C(=O)N[C@@H](C)C(=O)NCC(=O)N(C)[C@@H](C(=C)CC(C)CC=C=C)C(=O)N(C)[C@@H](CC(C)C)C(=O)N(C)[C@@H](C(=C)C)C(=O)N(C)C(C[C@@H](C)C/C=C\C)C(=O)N[C@@H](CC)C(=O)N(C)/C(SCC[N+](C)(C)[O-])=C(/O)N(C)[C@@H](CC(C)(C)O)C(=O)N[C@@H](C(=C)C)C(=O)N1C)C(C)C. The van der Waals surface area contributed by atoms with Crippen molar-refractivity contribution in [1.82, 2.24) is 55.6 Å². The number of likely N-dealkylation sites (N-methyl/N-ethyl adjacent to an activating group) is 7. The van der Waals surface area contributed by atoms with Gasteiger partial charge in [0.05, 0.1) is 32.8 Å². The van der Waals surface area contributed by atoms with E-state index in [2.05, 4.69) is 71.4 Å². The number of quaternary nitrogens is 1. The third-order valence-electron chi connectivity index (χ3n) is 17.6. The number of allylic oxidation sites excluding steroid dienone is 3. The summed E-state index contributed by atoms with van der Waals surface area (Å²) < 4.78 is -0.773. The summed E-state index contributed by atoms with van der Waals surface area (Å²) in [6.07, 6.45) is 6.17. The van der Waals surface area contributed by atoms with E-state index in [1.165, 1.54) is 106 Å². The van der Waals surface area contributed by atoms with Crippen LogP contribution in [0.5, 0.6) is 0 Å². The van der Waals surface area contributed by atoms with Crippen molar-refractivity contribution in [2.24, 2.45) is 23.7 Å². The Bertz CT molecular complexity index is 3160. The van der Waals surface area contributed by atoms with E-state index in [-0.39, 0.29) is 84.2 Å². The minimum absolute atomic E-state index is 0.00611. The van der Waals surface area contributed by atoms with E-state index in [1.807, 2.05) is 60.6 Å². The summed E-state index contributed by atoms with van der Waals surface area (Å²) in [5.74, 6) is -9.45. The first-order chi connectivity index (χ1) is 46.2. The highest BCUT2D eigenvalue weighted by atomic mass is 32.2. The zero-order valence-corrected chi connectivity index (χ0v) is 64.7. The molecular formula is C74H120N12O13S. The molecule has 0 radical (unpaired) electrons. The van der Waals surface area contributed by atoms with Crippen LogP contribution in [0.3, 0.4) is 0 Å². The van der Waals surface area contributed by atoms with Gasteiger partial charge < -0.3 is 75.6 Å². The van der Waals surface area contributed by atoms with Crippen LogP contribution >= 0.6 is 11.8 Å². The lowest BCUT2D eigenvalue weighted by Gasteiger charge is -2.40. The lowest BCUT2D eigenvalue weighted by molar-refractivity contribution is -0.837. The molecule has 1 aliphatic heterocycles. The van der Waals surface area contributed by atoms with Gasteiger partial charge in [0, 0.05) is 67.9 Å². The second kappa shape index (κ2) is 41.1. The molecule has 26 heteroatoms. The number of hydroxylamine groups is 3. The smallest absolute Gasteiger partial charge is 0.250 e. The Balaban J connectivity index is 4.76. The number of amides is 10. The lowest BCUT2D eigenvalue weighted by Crippen LogP contribution is -2.60. The summed E-state index contributed by atoms with van der Waals surface area (Å²) in [4.78, 5) is 158. The van der Waals surface area contributed by atoms with Gasteiger partial charge in [0.25, 0.3) is 0 Å². The number of hydrogen-bond acceptors (Lipinski definition) is 15. The molecule has 100 heavy (non-hydrogen) atoms. The molecule has 560 valence electrons. The highest BCUT2D eigenvalue weighted by molar-refractivity contribution is 8.03. The Hall–Kier alpha value is -7.95. The van der Waals surface area contributed by atoms with E-state index >= 15 is 33.6 Å². The third kappa shape index (κ3) is 27.2. The Morgan fingerprint density at radius 3 is 1.75 bits per heavy atom. The quantitative estimate of drug-likeness (QED) is 0.0277. The van der Waals surface area contributed by atoms with Gasteiger partial charge in [-0.05, 0) is 139 Å². The van der Waals surface area contributed by atoms with E-state index in [0.717, 1.165) is 31.4 Å². The van der Waals surface area contributed by atoms with Crippen molar-refractivity contribution in [2.75, 3.05) is 82.3 Å². The van der Waals surface area contributed by atoms with Crippen molar-refractivity contribution in [3.63, 3.8) is 0 Å². The van der Waals surface area contributed by atoms with E-state index in [9.17, 15) is 29.8 Å². The monoisotopic (exact) mass is 1420 g/mol. The molecule has 11 atom stereocenters. The number of rotatable bonds is 23. The highest BCUT2D eigenvalue weighted by Crippen LogP contribution is 2.31. The Morgan fingerprint density at radius 2 is 1.25 bits per heavy atom. The first kappa shape index (κ1) is 90.1. The summed E-state index contributed by atoms with van der Waals surface area (Å²) in [6, 6.07) is -12.7. The fourth-order valence-corrected chi connectivity index (χ4v) is 12.6. The molecule has 0 saturated carbocycles. The van der Waals surface area contributed by atoms with Crippen LogP contribution in [-0.4, -0.2) is 250 Å². The van der Waals surface area contributed by atoms with Gasteiger partial charge in [-0.1, -0.05) is 110 Å². The summed E-state index contributed by atoms with van der Waals surface area (Å²) in [6.45, 7) is 40.9. The third-order valence-corrected chi connectivity index (χ3v) is 18.7. The fraction of sp³-hybridized carbons (Fsp3) is 0.635. The maximum Gasteiger partial charge on any atom is 0.250 e. The van der Waals surface area contributed by atoms with Crippen molar-refractivity contribution in [3.8, 4) is 0 Å². The molecule has 6 N–H and O–H groups in total. The Morgan fingerprint density at radius 1 is 0.700 bits per heavy atom. The molecular weight excluding hydrogens is 1300 g/mol. The van der Waals surface area contributed by atoms with Gasteiger partial charge in [0.1, 0.15) is 59.4 Å². The molecule has 0 spiro atoms. The minimum Gasteiger partial charge on any atom is -0.633 e. The van der Waals surface area contributed by atoms with Crippen LogP contribution in [0.2, 0.25) is 0 Å². The molecule has 1 heterocycles. The summed E-state index contributed by atoms with van der Waals surface area (Å²) >= 11 is 0.897. The topological polar surface area (TPSA) is 305 Å². The molecule has 0 bridgehead atoms. The van der Waals surface area contributed by atoms with E-state index in [0.29, 0.717) is 24.0 Å². The standard InChI is InChI=1S/C74H120N12O13S/c1-28-32-35-49(13)40-51(15)62-71(96)81(21)57(39-45(5)6)68(93)84(24)61(48(11)12)70(95)80(20)55(41-50(14)36-33-29-2)65(90)77-54(31-4)67(92)85(25)73(100-38-37-86(26,27)99)72(97)82(22)58(43-74(17,18)98)66(91)78-60(47(9)10)69(94)79(19)56(42-53(34-30-3)46(7)8)64(89)76-52(16)63(88)75-44-59(87)83(62)23/h29,32-33,45-46,49-50,52,54-58,60-62,97-98H,1,3,9,11,15,31,35-44H2,2,4-8,10,12-14,16-27H3,(H,75,88)(H,76,89)(H,77,90)(H,78,91)/b33-29-,73-72-/t49?,50-,52-,54-,55?,56-,57-,58-,60-,61-,62-/m0/s1. The summed E-state index contributed by atoms with van der Waals surface area (Å²) in [7, 11) is 12.4. The van der Waals surface area contributed by atoms with Gasteiger partial charge >= 0.3 is 0 Å². The molecule has 1 aliphatic rings. The molecule has 10 amide bonds. The number of carbonyl (C=O) groups excluding carboxylic acids is 10. The first-order valence-corrected chi connectivity index (χ1v) is 35.1. The predicted molar refractivity (Wildman–Crippen MR) is 394 cm³/mol. The number of thioether (sulfide) groups is 1. The second-order valence-corrected chi connectivity index (χ2v) is 29.7. The molecule has 0 aliphatic carbocycles. The molecule has 25 nitrogen and oxygen atoms in total. The van der Waals surface area contributed by atoms with Crippen LogP contribution in [-0.2, 0) is 47.9 Å². The van der Waals surface area contributed by atoms with Crippen molar-refractivity contribution < 1.29 is 62.8 Å². The fourth-order valence-electron chi connectivity index (χ4n) is 11.4. The molecule has 0 aromatic heterocycles. The Labute approximate surface area is 600 Å². The highest BCUT2D eigenvalue weighted by Gasteiger charge is 2.44. The van der Waals surface area contributed by atoms with Gasteiger partial charge in [-0.2, -0.15) is 0 Å². The summed E-state index contributed by atoms with van der Waals surface area (Å²) in [5.41, 5.74) is 7.71. The molecule has 0 fully saturated rings. The van der Waals surface area contributed by atoms with Gasteiger partial charge in [0.2, 0.25) is 65.0 Å². The largest absolute Gasteiger partial charge is 0.633 e. The van der Waals surface area contributed by atoms with Crippen LogP contribution in [0.25, 0.3) is 0 Å². The minimum atomic E-state index is -1.65. The predicted octanol–water partition coefficient (Wildman–Crippen LogP) is 6.46. The van der Waals surface area contributed by atoms with E-state index in [4.69, 9.17) is 0 Å². The van der Waals surface area contributed by atoms with Gasteiger partial charge in [-0.15, -0.1) is 5.73 Å². The maximum absolute atomic E-state index is 15.4. The molecule has 1 rings (SSSR count). The number of aliphatic hydroxyl groups is 2. The van der Waals surface area contributed by atoms with Crippen molar-refractivity contribution in [1.29, 1.82) is 0 Å². The van der Waals surface area contributed by atoms with Gasteiger partial charge in [-0.25, -0.2) is 0 Å². The molecule has 2 unspecified atom stereocenters. The second-order valence-electron chi connectivity index (χ2n) is 28.6. The van der Waals surface area contributed by atoms with Crippen LogP contribution < -0.4 is 21.3 Å². The molecule has 0 saturated heterocycles. The first-order valence-electron chi connectivity index (χ1n) is 34.1. The molecule has 0 aromatic carbocycles. The number of nitrogens with one attached hydrogen (secondary N) is 4. The molecule has 0 aromatic rings. The van der Waals surface area contributed by atoms with Crippen molar-refractivity contribution >= 4 is 70.8 Å². The van der Waals surface area contributed by atoms with Crippen LogP contribution in [0, 0.1) is 28.9 Å². The van der Waals surface area contributed by atoms with Gasteiger partial charge in [0.15, 0.2) is 0 Å². The zero-order valence-electron chi connectivity index (χ0n) is 63.9. The van der Waals surface area contributed by atoms with Crippen molar-refractivity contribution in [2.45, 2.75) is 201 Å². The lowest BCUT2D eigenvalue weighted by atomic mass is 9.92. The van der Waals surface area contributed by atoms with E-state index in [1.54, 1.807) is 19.9 Å². The zero-order chi connectivity index (χ0) is 77.3. The normalized spacial score (nSPS) is 24.3. The maximum atomic E-state index is 15.4. The van der Waals surface area contributed by atoms with Crippen LogP contribution in [0.4, 0.5) is 0 Å². The number of hydrogen-bond donors (Lipinski definition) is 6. The average molecular weight is 1420 g/mol. The van der Waals surface area contributed by atoms with E-state index < -0.39 is 143 Å². The Kier molecular flexibility index (Phi) is 37.0. The number of aliphatic hydroxyl groups excluding tert-OH is 1. The van der Waals surface area contributed by atoms with Crippen LogP contribution in [0.15, 0.2) is 102 Å². The number of carbonyl (C=O) groups is 10. The van der Waals surface area contributed by atoms with Crippen LogP contribution in [0.1, 0.15) is 141 Å². The summed E-state index contributed by atoms with van der Waals surface area (Å²) in [5, 5.41) is 47.6. The van der Waals surface area contributed by atoms with Gasteiger partial charge in [-0.3, -0.25) is 47.9 Å². The number of nitrogens with zero attached hydrogens (tertiary/aromatic N) is 8. The average Bonchev–Trinajstić information content (AvgIpc) is 0.805.